The van der Waals surface area contributed by atoms with Gasteiger partial charge in [0.2, 0.25) is 5.91 Å². The first-order chi connectivity index (χ1) is 11.1. The van der Waals surface area contributed by atoms with Crippen LogP contribution in [0.3, 0.4) is 0 Å². The van der Waals surface area contributed by atoms with E-state index in [2.05, 4.69) is 12.2 Å². The van der Waals surface area contributed by atoms with Gasteiger partial charge in [0.1, 0.15) is 0 Å². The molecule has 0 aromatic heterocycles. The fraction of sp³-hybridized carbons (Fsp3) is 0.895. The maximum atomic E-state index is 11.5. The zero-order valence-corrected chi connectivity index (χ0v) is 15.2. The summed E-state index contributed by atoms with van der Waals surface area (Å²) in [4.78, 5) is 22.0. The van der Waals surface area contributed by atoms with E-state index < -0.39 is 12.0 Å². The first-order valence-corrected chi connectivity index (χ1v) is 9.58. The van der Waals surface area contributed by atoms with Gasteiger partial charge in [0, 0.05) is 6.42 Å². The summed E-state index contributed by atoms with van der Waals surface area (Å²) in [5.41, 5.74) is 0. The molecule has 0 heterocycles. The summed E-state index contributed by atoms with van der Waals surface area (Å²) in [6, 6.07) is -0.899. The number of carboxylic acids is 1. The van der Waals surface area contributed by atoms with Gasteiger partial charge < -0.3 is 15.2 Å². The zero-order chi connectivity index (χ0) is 17.3. The zero-order valence-electron chi connectivity index (χ0n) is 15.2. The molecule has 136 valence electrons. The van der Waals surface area contributed by atoms with E-state index in [1.54, 1.807) is 0 Å². The summed E-state index contributed by atoms with van der Waals surface area (Å²) < 4.78 is 0. The lowest BCUT2D eigenvalue weighted by molar-refractivity contribution is -0.307. The van der Waals surface area contributed by atoms with Crippen molar-refractivity contribution in [3.05, 3.63) is 0 Å². The number of carboxylic acid groups (broad SMARTS) is 1. The highest BCUT2D eigenvalue weighted by atomic mass is 16.4. The average Bonchev–Trinajstić information content (AvgIpc) is 2.51. The van der Waals surface area contributed by atoms with E-state index in [0.29, 0.717) is 6.42 Å². The van der Waals surface area contributed by atoms with Crippen LogP contribution in [0.25, 0.3) is 0 Å². The molecule has 0 aliphatic carbocycles. The van der Waals surface area contributed by atoms with Gasteiger partial charge >= 0.3 is 0 Å². The van der Waals surface area contributed by atoms with Gasteiger partial charge in [-0.25, -0.2) is 0 Å². The second-order valence-corrected chi connectivity index (χ2v) is 6.60. The molecule has 0 aromatic carbocycles. The number of aliphatic carboxylic acids is 1. The van der Waals surface area contributed by atoms with Crippen molar-refractivity contribution in [2.45, 2.75) is 110 Å². The van der Waals surface area contributed by atoms with Crippen molar-refractivity contribution in [3.8, 4) is 0 Å². The molecule has 4 nitrogen and oxygen atoms in total. The number of nitrogens with one attached hydrogen (secondary N) is 1. The van der Waals surface area contributed by atoms with Gasteiger partial charge in [0.15, 0.2) is 0 Å². The molecule has 1 amide bonds. The molecule has 23 heavy (non-hydrogen) atoms. The second kappa shape index (κ2) is 15.8. The van der Waals surface area contributed by atoms with Crippen molar-refractivity contribution in [3.63, 3.8) is 0 Å². The van der Waals surface area contributed by atoms with E-state index in [1.165, 1.54) is 77.6 Å². The molecular weight excluding hydrogens is 290 g/mol. The minimum absolute atomic E-state index is 0.190. The Hall–Kier alpha value is -1.06. The normalized spacial score (nSPS) is 12.1. The van der Waals surface area contributed by atoms with Crippen LogP contribution in [0.15, 0.2) is 0 Å². The van der Waals surface area contributed by atoms with Crippen molar-refractivity contribution in [2.75, 3.05) is 0 Å². The Labute approximate surface area is 142 Å². The third-order valence-corrected chi connectivity index (χ3v) is 4.24. The summed E-state index contributed by atoms with van der Waals surface area (Å²) in [5, 5.41) is 12.9. The van der Waals surface area contributed by atoms with E-state index >= 15 is 0 Å². The summed E-state index contributed by atoms with van der Waals surface area (Å²) in [7, 11) is 0. The Morgan fingerprint density at radius 2 is 1.17 bits per heavy atom. The monoisotopic (exact) mass is 326 g/mol. The topological polar surface area (TPSA) is 69.2 Å². The van der Waals surface area contributed by atoms with Gasteiger partial charge in [0.05, 0.1) is 12.0 Å². The van der Waals surface area contributed by atoms with Crippen LogP contribution in [-0.2, 0) is 9.59 Å². The van der Waals surface area contributed by atoms with Gasteiger partial charge in [-0.05, 0) is 13.3 Å². The highest BCUT2D eigenvalue weighted by Crippen LogP contribution is 2.12. The number of amides is 1. The molecule has 4 heteroatoms. The molecule has 0 spiro atoms. The summed E-state index contributed by atoms with van der Waals surface area (Å²) in [6.45, 7) is 3.68. The lowest BCUT2D eigenvalue weighted by atomic mass is 10.0. The molecule has 0 unspecified atom stereocenters. The molecule has 0 aliphatic heterocycles. The van der Waals surface area contributed by atoms with E-state index in [1.807, 2.05) is 0 Å². The molecule has 1 N–H and O–H groups in total. The second-order valence-electron chi connectivity index (χ2n) is 6.60. The van der Waals surface area contributed by atoms with Crippen LogP contribution in [-0.4, -0.2) is 17.9 Å². The van der Waals surface area contributed by atoms with Crippen molar-refractivity contribution in [2.24, 2.45) is 0 Å². The Balaban J connectivity index is 3.21. The van der Waals surface area contributed by atoms with Crippen LogP contribution in [0.2, 0.25) is 0 Å². The standard InChI is InChI=1S/C19H37NO3/c1-3-4-5-6-7-8-9-10-11-12-13-14-15-16-18(21)20-17(2)19(22)23/h17H,3-16H2,1-2H3,(H,20,21)(H,22,23)/p-1/t17-/m0/s1. The van der Waals surface area contributed by atoms with Crippen LogP contribution in [0.1, 0.15) is 104 Å². The maximum Gasteiger partial charge on any atom is 0.220 e. The smallest absolute Gasteiger partial charge is 0.220 e. The minimum atomic E-state index is -1.23. The highest BCUT2D eigenvalue weighted by Gasteiger charge is 2.07. The number of hydrogen-bond acceptors (Lipinski definition) is 3. The van der Waals surface area contributed by atoms with Crippen LogP contribution < -0.4 is 10.4 Å². The highest BCUT2D eigenvalue weighted by molar-refractivity contribution is 5.82. The van der Waals surface area contributed by atoms with Crippen LogP contribution >= 0.6 is 0 Å². The molecule has 0 bridgehead atoms. The van der Waals surface area contributed by atoms with Crippen LogP contribution in [0.4, 0.5) is 0 Å². The Kier molecular flexibility index (Phi) is 15.1. The van der Waals surface area contributed by atoms with Gasteiger partial charge in [-0.15, -0.1) is 0 Å². The molecule has 0 saturated heterocycles. The SMILES string of the molecule is CCCCCCCCCCCCCCCC(=O)N[C@@H](C)C(=O)[O-]. The van der Waals surface area contributed by atoms with Crippen molar-refractivity contribution >= 4 is 11.9 Å². The maximum absolute atomic E-state index is 11.5. The van der Waals surface area contributed by atoms with Crippen molar-refractivity contribution in [1.29, 1.82) is 0 Å². The number of unbranched alkanes of at least 4 members (excludes halogenated alkanes) is 12. The summed E-state index contributed by atoms with van der Waals surface area (Å²) >= 11 is 0. The predicted octanol–water partition coefficient (Wildman–Crippen LogP) is 3.72. The lowest BCUT2D eigenvalue weighted by Crippen LogP contribution is -2.45. The molecule has 0 rings (SSSR count). The summed E-state index contributed by atoms with van der Waals surface area (Å²) in [6.07, 6.45) is 16.9. The molecule has 0 radical (unpaired) electrons. The molecule has 0 saturated carbocycles. The third-order valence-electron chi connectivity index (χ3n) is 4.24. The molecular formula is C19H36NO3-. The fourth-order valence-corrected chi connectivity index (χ4v) is 2.68. The van der Waals surface area contributed by atoms with E-state index in [4.69, 9.17) is 0 Å². The average molecular weight is 327 g/mol. The van der Waals surface area contributed by atoms with Gasteiger partial charge in [-0.1, -0.05) is 84.0 Å². The molecule has 0 fully saturated rings. The van der Waals surface area contributed by atoms with Crippen LogP contribution in [0.5, 0.6) is 0 Å². The van der Waals surface area contributed by atoms with Gasteiger partial charge in [0.25, 0.3) is 0 Å². The minimum Gasteiger partial charge on any atom is -0.548 e. The largest absolute Gasteiger partial charge is 0.548 e. The van der Waals surface area contributed by atoms with Crippen LogP contribution in [0, 0.1) is 0 Å². The number of rotatable bonds is 16. The molecule has 1 atom stereocenters. The molecule has 0 aliphatic rings. The summed E-state index contributed by atoms with van der Waals surface area (Å²) in [5.74, 6) is -1.42. The van der Waals surface area contributed by atoms with Crippen molar-refractivity contribution in [1.82, 2.24) is 5.32 Å². The van der Waals surface area contributed by atoms with E-state index in [9.17, 15) is 14.7 Å². The van der Waals surface area contributed by atoms with E-state index in [0.717, 1.165) is 12.8 Å². The van der Waals surface area contributed by atoms with Gasteiger partial charge in [-0.3, -0.25) is 4.79 Å². The third kappa shape index (κ3) is 15.6. The number of carbonyl (C=O) groups is 2. The first-order valence-electron chi connectivity index (χ1n) is 9.58. The fourth-order valence-electron chi connectivity index (χ4n) is 2.68. The Morgan fingerprint density at radius 3 is 1.57 bits per heavy atom. The lowest BCUT2D eigenvalue weighted by Gasteiger charge is -2.14. The molecule has 0 aromatic rings. The quantitative estimate of drug-likeness (QED) is 0.439. The predicted molar refractivity (Wildman–Crippen MR) is 92.9 cm³/mol. The first kappa shape index (κ1) is 21.9. The number of carbonyl (C=O) groups excluding carboxylic acids is 2. The Morgan fingerprint density at radius 1 is 0.783 bits per heavy atom. The van der Waals surface area contributed by atoms with Crippen molar-refractivity contribution < 1.29 is 14.7 Å². The number of hydrogen-bond donors (Lipinski definition) is 1. The van der Waals surface area contributed by atoms with E-state index in [-0.39, 0.29) is 5.91 Å². The van der Waals surface area contributed by atoms with Gasteiger partial charge in [-0.2, -0.15) is 0 Å². The Bertz CT molecular complexity index is 305.